The predicted molar refractivity (Wildman–Crippen MR) is 92.0 cm³/mol. The zero-order chi connectivity index (χ0) is 16.7. The summed E-state index contributed by atoms with van der Waals surface area (Å²) in [7, 11) is 1.65. The van der Waals surface area contributed by atoms with Crippen molar-refractivity contribution in [2.45, 2.75) is 32.6 Å². The number of methoxy groups -OCH3 is 1. The number of nitrogens with zero attached hydrogens (tertiary/aromatic N) is 1. The van der Waals surface area contributed by atoms with Crippen molar-refractivity contribution >= 4 is 0 Å². The molecule has 0 bridgehead atoms. The van der Waals surface area contributed by atoms with E-state index in [2.05, 4.69) is 19.1 Å². The summed E-state index contributed by atoms with van der Waals surface area (Å²) in [4.78, 5) is 0. The summed E-state index contributed by atoms with van der Waals surface area (Å²) in [6.07, 6.45) is 1.60. The number of hydrogen-bond donors (Lipinski definition) is 0. The Bertz CT molecular complexity index is 671. The largest absolute Gasteiger partial charge is 0.496 e. The third-order valence-corrected chi connectivity index (χ3v) is 3.91. The maximum absolute atomic E-state index is 9.63. The molecule has 0 amide bonds. The molecule has 2 aromatic rings. The van der Waals surface area contributed by atoms with E-state index in [9.17, 15) is 5.26 Å². The fraction of sp³-hybridized carbons (Fsp3) is 0.350. The first kappa shape index (κ1) is 16.9. The summed E-state index contributed by atoms with van der Waals surface area (Å²) in [6.45, 7) is 4.73. The van der Waals surface area contributed by atoms with Crippen LogP contribution in [0, 0.1) is 11.3 Å². The third-order valence-electron chi connectivity index (χ3n) is 3.91. The molecule has 23 heavy (non-hydrogen) atoms. The molecular weight excluding hydrogens is 286 g/mol. The molecule has 3 nitrogen and oxygen atoms in total. The molecular formula is C20H23NO2. The van der Waals surface area contributed by atoms with Crippen LogP contribution in [0.4, 0.5) is 0 Å². The van der Waals surface area contributed by atoms with Gasteiger partial charge in [-0.15, -0.1) is 0 Å². The Hall–Kier alpha value is -2.47. The van der Waals surface area contributed by atoms with Crippen LogP contribution >= 0.6 is 0 Å². The lowest BCUT2D eigenvalue weighted by atomic mass is 9.91. The van der Waals surface area contributed by atoms with E-state index < -0.39 is 0 Å². The molecule has 0 spiro atoms. The molecule has 0 saturated carbocycles. The molecule has 2 rings (SSSR count). The Morgan fingerprint density at radius 3 is 2.30 bits per heavy atom. The minimum Gasteiger partial charge on any atom is -0.496 e. The first-order valence-electron chi connectivity index (χ1n) is 8.00. The molecule has 0 radical (unpaired) electrons. The molecule has 0 aromatic heterocycles. The van der Waals surface area contributed by atoms with Crippen molar-refractivity contribution in [3.05, 3.63) is 59.2 Å². The van der Waals surface area contributed by atoms with Crippen LogP contribution in [-0.2, 0) is 12.8 Å². The molecule has 2 aromatic carbocycles. The van der Waals surface area contributed by atoms with Crippen molar-refractivity contribution in [2.24, 2.45) is 0 Å². The lowest BCUT2D eigenvalue weighted by molar-refractivity contribution is 0.340. The minimum atomic E-state index is -0.227. The van der Waals surface area contributed by atoms with Gasteiger partial charge in [0.15, 0.2) is 0 Å². The average molecular weight is 309 g/mol. The number of nitriles is 1. The Morgan fingerprint density at radius 1 is 1.04 bits per heavy atom. The van der Waals surface area contributed by atoms with Gasteiger partial charge < -0.3 is 9.47 Å². The van der Waals surface area contributed by atoms with Gasteiger partial charge in [-0.25, -0.2) is 0 Å². The molecule has 1 atom stereocenters. The molecule has 0 aliphatic heterocycles. The summed E-state index contributed by atoms with van der Waals surface area (Å²) in [5.41, 5.74) is 3.29. The second-order valence-electron chi connectivity index (χ2n) is 5.39. The molecule has 3 heteroatoms. The maximum Gasteiger partial charge on any atom is 0.123 e. The monoisotopic (exact) mass is 309 g/mol. The van der Waals surface area contributed by atoms with Gasteiger partial charge in [0.25, 0.3) is 0 Å². The zero-order valence-corrected chi connectivity index (χ0v) is 14.0. The van der Waals surface area contributed by atoms with E-state index >= 15 is 0 Å². The van der Waals surface area contributed by atoms with Gasteiger partial charge in [-0.3, -0.25) is 0 Å². The molecule has 0 heterocycles. The van der Waals surface area contributed by atoms with Crippen LogP contribution in [0.5, 0.6) is 11.5 Å². The number of hydrogen-bond acceptors (Lipinski definition) is 3. The van der Waals surface area contributed by atoms with Crippen molar-refractivity contribution in [3.8, 4) is 17.6 Å². The highest BCUT2D eigenvalue weighted by atomic mass is 16.5. The van der Waals surface area contributed by atoms with E-state index in [1.807, 2.05) is 43.3 Å². The number of ether oxygens (including phenoxy) is 2. The van der Waals surface area contributed by atoms with E-state index in [0.717, 1.165) is 29.0 Å². The van der Waals surface area contributed by atoms with Crippen LogP contribution in [0.3, 0.4) is 0 Å². The van der Waals surface area contributed by atoms with Crippen molar-refractivity contribution in [3.63, 3.8) is 0 Å². The lowest BCUT2D eigenvalue weighted by Gasteiger charge is -2.15. The van der Waals surface area contributed by atoms with Gasteiger partial charge >= 0.3 is 0 Å². The Balaban J connectivity index is 2.24. The van der Waals surface area contributed by atoms with E-state index in [-0.39, 0.29) is 5.92 Å². The van der Waals surface area contributed by atoms with E-state index in [0.29, 0.717) is 13.0 Å². The summed E-state index contributed by atoms with van der Waals surface area (Å²) in [5.74, 6) is 1.41. The Kier molecular flexibility index (Phi) is 6.05. The molecule has 0 saturated heterocycles. The highest BCUT2D eigenvalue weighted by Crippen LogP contribution is 2.30. The third kappa shape index (κ3) is 4.26. The standard InChI is InChI=1S/C20H23NO2/c1-4-15-8-11-20(22-3)19(13-15)17(14-21)12-16-6-9-18(10-7-16)23-5-2/h6-11,13,17H,4-5,12H2,1-3H3. The summed E-state index contributed by atoms with van der Waals surface area (Å²) >= 11 is 0. The second-order valence-corrected chi connectivity index (χ2v) is 5.39. The maximum atomic E-state index is 9.63. The molecule has 120 valence electrons. The fourth-order valence-electron chi connectivity index (χ4n) is 2.63. The van der Waals surface area contributed by atoms with Gasteiger partial charge in [-0.05, 0) is 49.1 Å². The van der Waals surface area contributed by atoms with Crippen molar-refractivity contribution in [2.75, 3.05) is 13.7 Å². The number of aryl methyl sites for hydroxylation is 1. The van der Waals surface area contributed by atoms with Crippen LogP contribution < -0.4 is 9.47 Å². The molecule has 0 fully saturated rings. The summed E-state index contributed by atoms with van der Waals surface area (Å²) in [5, 5.41) is 9.63. The molecule has 0 N–H and O–H groups in total. The Labute approximate surface area is 138 Å². The predicted octanol–water partition coefficient (Wildman–Crippen LogP) is 4.51. The first-order valence-corrected chi connectivity index (χ1v) is 8.00. The van der Waals surface area contributed by atoms with Gasteiger partial charge in [-0.1, -0.05) is 31.2 Å². The normalized spacial score (nSPS) is 11.6. The van der Waals surface area contributed by atoms with Crippen LogP contribution in [0.2, 0.25) is 0 Å². The van der Waals surface area contributed by atoms with E-state index in [1.54, 1.807) is 7.11 Å². The lowest BCUT2D eigenvalue weighted by Crippen LogP contribution is -2.04. The van der Waals surface area contributed by atoms with Gasteiger partial charge in [0.2, 0.25) is 0 Å². The fourth-order valence-corrected chi connectivity index (χ4v) is 2.63. The van der Waals surface area contributed by atoms with Crippen LogP contribution in [0.15, 0.2) is 42.5 Å². The second kappa shape index (κ2) is 8.24. The first-order chi connectivity index (χ1) is 11.2. The summed E-state index contributed by atoms with van der Waals surface area (Å²) in [6, 6.07) is 16.5. The van der Waals surface area contributed by atoms with E-state index in [1.165, 1.54) is 5.56 Å². The van der Waals surface area contributed by atoms with E-state index in [4.69, 9.17) is 9.47 Å². The number of benzene rings is 2. The van der Waals surface area contributed by atoms with Gasteiger partial charge in [-0.2, -0.15) is 5.26 Å². The molecule has 0 aliphatic carbocycles. The topological polar surface area (TPSA) is 42.2 Å². The van der Waals surface area contributed by atoms with Crippen molar-refractivity contribution in [1.82, 2.24) is 0 Å². The highest BCUT2D eigenvalue weighted by molar-refractivity contribution is 5.43. The summed E-state index contributed by atoms with van der Waals surface area (Å²) < 4.78 is 10.9. The highest BCUT2D eigenvalue weighted by Gasteiger charge is 2.17. The molecule has 1 unspecified atom stereocenters. The zero-order valence-electron chi connectivity index (χ0n) is 14.0. The molecule has 0 aliphatic rings. The van der Waals surface area contributed by atoms with Gasteiger partial charge in [0, 0.05) is 5.56 Å². The van der Waals surface area contributed by atoms with Crippen LogP contribution in [0.1, 0.15) is 36.5 Å². The van der Waals surface area contributed by atoms with Crippen LogP contribution in [-0.4, -0.2) is 13.7 Å². The minimum absolute atomic E-state index is 0.227. The average Bonchev–Trinajstić information content (AvgIpc) is 2.60. The van der Waals surface area contributed by atoms with Crippen molar-refractivity contribution in [1.29, 1.82) is 5.26 Å². The quantitative estimate of drug-likeness (QED) is 0.756. The number of rotatable bonds is 7. The van der Waals surface area contributed by atoms with Gasteiger partial charge in [0.05, 0.1) is 25.7 Å². The smallest absolute Gasteiger partial charge is 0.123 e. The Morgan fingerprint density at radius 2 is 1.74 bits per heavy atom. The SMILES string of the molecule is CCOc1ccc(CC(C#N)c2cc(CC)ccc2OC)cc1. The van der Waals surface area contributed by atoms with Crippen LogP contribution in [0.25, 0.3) is 0 Å². The van der Waals surface area contributed by atoms with Gasteiger partial charge in [0.1, 0.15) is 11.5 Å². The van der Waals surface area contributed by atoms with Crippen molar-refractivity contribution < 1.29 is 9.47 Å².